The van der Waals surface area contributed by atoms with Gasteiger partial charge in [0.25, 0.3) is 11.6 Å². The van der Waals surface area contributed by atoms with Crippen LogP contribution < -0.4 is 15.9 Å². The van der Waals surface area contributed by atoms with Gasteiger partial charge in [0.1, 0.15) is 5.70 Å². The summed E-state index contributed by atoms with van der Waals surface area (Å²) >= 11 is 4.86. The van der Waals surface area contributed by atoms with Gasteiger partial charge in [-0.1, -0.05) is 34.6 Å². The molecule has 1 atom stereocenters. The van der Waals surface area contributed by atoms with Crippen molar-refractivity contribution in [1.82, 2.24) is 10.3 Å². The van der Waals surface area contributed by atoms with E-state index in [-0.39, 0.29) is 11.6 Å². The number of amides is 1. The largest absolute Gasteiger partial charge is 0.298 e. The topological polar surface area (TPSA) is 100 Å². The van der Waals surface area contributed by atoms with E-state index in [1.54, 1.807) is 17.1 Å². The van der Waals surface area contributed by atoms with Gasteiger partial charge in [0.15, 0.2) is 11.3 Å². The summed E-state index contributed by atoms with van der Waals surface area (Å²) in [5.74, 6) is 0.496. The van der Waals surface area contributed by atoms with Gasteiger partial charge in [-0.05, 0) is 41.6 Å². The van der Waals surface area contributed by atoms with Crippen LogP contribution in [0.5, 0.6) is 0 Å². The second-order valence-electron chi connectivity index (χ2n) is 6.00. The second kappa shape index (κ2) is 7.36. The Morgan fingerprint density at radius 3 is 2.71 bits per heavy atom. The molecule has 0 saturated carbocycles. The van der Waals surface area contributed by atoms with Crippen LogP contribution in [0.1, 0.15) is 18.7 Å². The van der Waals surface area contributed by atoms with Crippen molar-refractivity contribution in [2.45, 2.75) is 13.1 Å². The van der Waals surface area contributed by atoms with Crippen molar-refractivity contribution in [1.29, 1.82) is 0 Å². The lowest BCUT2D eigenvalue weighted by Gasteiger charge is -2.34. The average molecular weight is 460 g/mol. The van der Waals surface area contributed by atoms with E-state index in [1.807, 2.05) is 25.1 Å². The summed E-state index contributed by atoms with van der Waals surface area (Å²) in [6, 6.07) is 11.7. The van der Waals surface area contributed by atoms with E-state index in [9.17, 15) is 14.9 Å². The summed E-state index contributed by atoms with van der Waals surface area (Å²) < 4.78 is 0.827. The molecule has 2 aliphatic rings. The van der Waals surface area contributed by atoms with Crippen molar-refractivity contribution in [3.05, 3.63) is 73.2 Å². The van der Waals surface area contributed by atoms with Crippen molar-refractivity contribution >= 4 is 50.2 Å². The van der Waals surface area contributed by atoms with Gasteiger partial charge in [-0.3, -0.25) is 25.2 Å². The number of rotatable bonds is 3. The van der Waals surface area contributed by atoms with Crippen LogP contribution in [-0.4, -0.2) is 26.8 Å². The third kappa shape index (κ3) is 3.29. The SMILES string of the molecule is CCSC1=NN2C(=c3cc(Br)ccc3=N[C@H]2c2ccc([N+](=O)[O-])cc2)C(=O)N1. The van der Waals surface area contributed by atoms with Gasteiger partial charge in [-0.15, -0.1) is 5.10 Å². The Balaban J connectivity index is 1.91. The number of hydrazone groups is 1. The van der Waals surface area contributed by atoms with E-state index in [0.717, 1.165) is 10.2 Å². The first kappa shape index (κ1) is 18.6. The summed E-state index contributed by atoms with van der Waals surface area (Å²) in [4.78, 5) is 28.1. The normalized spacial score (nSPS) is 17.9. The minimum absolute atomic E-state index is 0.00444. The summed E-state index contributed by atoms with van der Waals surface area (Å²) in [5.41, 5.74) is 1.10. The zero-order chi connectivity index (χ0) is 19.8. The molecule has 2 heterocycles. The van der Waals surface area contributed by atoms with Crippen LogP contribution in [0.4, 0.5) is 5.69 Å². The summed E-state index contributed by atoms with van der Waals surface area (Å²) in [6.45, 7) is 1.97. The fourth-order valence-corrected chi connectivity index (χ4v) is 3.98. The van der Waals surface area contributed by atoms with Gasteiger partial charge >= 0.3 is 0 Å². The van der Waals surface area contributed by atoms with Crippen LogP contribution in [0.25, 0.3) is 5.70 Å². The van der Waals surface area contributed by atoms with Crippen LogP contribution in [0.3, 0.4) is 0 Å². The van der Waals surface area contributed by atoms with Gasteiger partial charge in [0, 0.05) is 21.8 Å². The molecule has 0 unspecified atom stereocenters. The van der Waals surface area contributed by atoms with Crippen molar-refractivity contribution in [3.63, 3.8) is 0 Å². The predicted molar refractivity (Wildman–Crippen MR) is 110 cm³/mol. The number of nitrogens with zero attached hydrogens (tertiary/aromatic N) is 4. The maximum Gasteiger partial charge on any atom is 0.276 e. The van der Waals surface area contributed by atoms with Gasteiger partial charge in [-0.2, -0.15) is 0 Å². The highest BCUT2D eigenvalue weighted by atomic mass is 79.9. The fraction of sp³-hybridized carbons (Fsp3) is 0.167. The molecule has 4 rings (SSSR count). The van der Waals surface area contributed by atoms with Crippen LogP contribution >= 0.6 is 27.7 Å². The van der Waals surface area contributed by atoms with E-state index in [1.165, 1.54) is 23.9 Å². The molecule has 0 spiro atoms. The fourth-order valence-electron chi connectivity index (χ4n) is 3.04. The molecule has 0 aromatic heterocycles. The molecule has 0 aliphatic carbocycles. The van der Waals surface area contributed by atoms with Gasteiger partial charge < -0.3 is 0 Å². The zero-order valence-electron chi connectivity index (χ0n) is 14.6. The predicted octanol–water partition coefficient (Wildman–Crippen LogP) is 2.25. The quantitative estimate of drug-likeness (QED) is 0.560. The molecule has 142 valence electrons. The molecule has 0 radical (unpaired) electrons. The molecule has 1 amide bonds. The molecule has 0 bridgehead atoms. The standard InChI is InChI=1S/C18H14BrN5O3S/c1-2-28-18-21-17(25)15-13-9-11(19)5-8-14(13)20-16(23(15)22-18)10-3-6-12(7-4-10)24(26)27/h3-9,16H,2H2,1H3,(H,21,22,25)/t16-/m1/s1. The number of carbonyl (C=O) groups excluding carboxylic acids is 1. The Kier molecular flexibility index (Phi) is 4.90. The second-order valence-corrected chi connectivity index (χ2v) is 8.17. The number of carbonyl (C=O) groups is 1. The Hall–Kier alpha value is -2.72. The maximum absolute atomic E-state index is 12.9. The lowest BCUT2D eigenvalue weighted by molar-refractivity contribution is -0.384. The molecular formula is C18H14BrN5O3S. The molecule has 28 heavy (non-hydrogen) atoms. The van der Waals surface area contributed by atoms with Crippen molar-refractivity contribution in [2.24, 2.45) is 10.1 Å². The van der Waals surface area contributed by atoms with E-state index in [0.29, 0.717) is 27.0 Å². The number of nitro groups is 1. The highest BCUT2D eigenvalue weighted by Gasteiger charge is 2.34. The van der Waals surface area contributed by atoms with E-state index in [2.05, 4.69) is 26.3 Å². The number of benzene rings is 2. The van der Waals surface area contributed by atoms with Crippen molar-refractivity contribution < 1.29 is 9.72 Å². The molecule has 1 N–H and O–H groups in total. The number of thioether (sulfide) groups is 1. The van der Waals surface area contributed by atoms with Crippen LogP contribution in [0, 0.1) is 10.1 Å². The number of nitro benzene ring substituents is 1. The first-order valence-corrected chi connectivity index (χ1v) is 10.2. The molecule has 0 saturated heterocycles. The molecule has 2 aromatic carbocycles. The zero-order valence-corrected chi connectivity index (χ0v) is 17.0. The van der Waals surface area contributed by atoms with Gasteiger partial charge in [0.05, 0.1) is 10.3 Å². The minimum Gasteiger partial charge on any atom is -0.298 e. The highest BCUT2D eigenvalue weighted by molar-refractivity contribution is 9.10. The summed E-state index contributed by atoms with van der Waals surface area (Å²) in [6.07, 6.45) is -0.594. The highest BCUT2D eigenvalue weighted by Crippen LogP contribution is 2.31. The minimum atomic E-state index is -0.594. The maximum atomic E-state index is 12.9. The van der Waals surface area contributed by atoms with Crippen molar-refractivity contribution in [3.8, 4) is 0 Å². The average Bonchev–Trinajstić information content (AvgIpc) is 2.67. The molecule has 2 aromatic rings. The number of halogens is 1. The van der Waals surface area contributed by atoms with Crippen LogP contribution in [0.2, 0.25) is 0 Å². The Morgan fingerprint density at radius 2 is 2.04 bits per heavy atom. The molecule has 2 aliphatic heterocycles. The summed E-state index contributed by atoms with van der Waals surface area (Å²) in [5, 5.41) is 21.8. The summed E-state index contributed by atoms with van der Waals surface area (Å²) in [7, 11) is 0. The van der Waals surface area contributed by atoms with Gasteiger partial charge in [-0.25, -0.2) is 5.01 Å². The van der Waals surface area contributed by atoms with E-state index in [4.69, 9.17) is 4.99 Å². The number of non-ortho nitro benzene ring substituents is 1. The Labute approximate surface area is 172 Å². The van der Waals surface area contributed by atoms with Crippen molar-refractivity contribution in [2.75, 3.05) is 5.75 Å². The third-order valence-corrected chi connectivity index (χ3v) is 5.49. The first-order chi connectivity index (χ1) is 13.5. The number of hydrogen-bond acceptors (Lipinski definition) is 7. The Bertz CT molecular complexity index is 1130. The number of amidine groups is 1. The lowest BCUT2D eigenvalue weighted by atomic mass is 10.1. The van der Waals surface area contributed by atoms with Gasteiger partial charge in [0.2, 0.25) is 0 Å². The lowest BCUT2D eigenvalue weighted by Crippen LogP contribution is -2.50. The molecule has 10 heteroatoms. The number of hydrogen-bond donors (Lipinski definition) is 1. The Morgan fingerprint density at radius 1 is 1.29 bits per heavy atom. The van der Waals surface area contributed by atoms with Crippen LogP contribution in [0.15, 0.2) is 57.0 Å². The molecule has 0 fully saturated rings. The number of fused-ring (bicyclic) bond motifs is 2. The first-order valence-electron chi connectivity index (χ1n) is 8.42. The van der Waals surface area contributed by atoms with Crippen LogP contribution in [-0.2, 0) is 4.79 Å². The smallest absolute Gasteiger partial charge is 0.276 e. The molecular weight excluding hydrogens is 446 g/mol. The van der Waals surface area contributed by atoms with E-state index >= 15 is 0 Å². The number of nitrogens with one attached hydrogen (secondary N) is 1. The van der Waals surface area contributed by atoms with E-state index < -0.39 is 11.1 Å². The third-order valence-electron chi connectivity index (χ3n) is 4.25. The monoisotopic (exact) mass is 459 g/mol. The molecule has 8 nitrogen and oxygen atoms in total.